The molecule has 7 heteroatoms. The number of aliphatic imine (C=N–C) groups is 1. The third kappa shape index (κ3) is 4.26. The van der Waals surface area contributed by atoms with Crippen molar-refractivity contribution in [3.05, 3.63) is 54.0 Å². The number of carbonyl (C=O) groups excluding carboxylic acids is 2. The van der Waals surface area contributed by atoms with E-state index in [0.29, 0.717) is 11.7 Å². The smallest absolute Gasteiger partial charge is 0.240 e. The number of benzene rings is 1. The highest BCUT2D eigenvalue weighted by Crippen LogP contribution is 2.23. The van der Waals surface area contributed by atoms with E-state index in [2.05, 4.69) is 15.6 Å². The lowest BCUT2D eigenvalue weighted by Gasteiger charge is -2.07. The van der Waals surface area contributed by atoms with Gasteiger partial charge in [-0.25, -0.2) is 0 Å². The highest BCUT2D eigenvalue weighted by atomic mass is 32.2. The fourth-order valence-corrected chi connectivity index (χ4v) is 3.15. The van der Waals surface area contributed by atoms with Crippen LogP contribution in [0.5, 0.6) is 0 Å². The van der Waals surface area contributed by atoms with Crippen LogP contribution in [0.3, 0.4) is 0 Å². The standard InChI is InChI=1S/C17H17N3O3S/c1-11-4-6-12(7-5-11)19-15(21)9-14-16(22)20-17(24-14)18-10-13-3-2-8-23-13/h2-8,14H,9-10H2,1H3,(H,19,21)(H,18,20,22)/t14-/m0/s1. The normalized spacial score (nSPS) is 18.6. The van der Waals surface area contributed by atoms with Crippen molar-refractivity contribution in [1.82, 2.24) is 5.32 Å². The largest absolute Gasteiger partial charge is 0.467 e. The second kappa shape index (κ2) is 7.35. The molecular weight excluding hydrogens is 326 g/mol. The number of aryl methyl sites for hydroxylation is 1. The van der Waals surface area contributed by atoms with Crippen LogP contribution < -0.4 is 10.6 Å². The topological polar surface area (TPSA) is 83.7 Å². The number of amides is 2. The first-order valence-corrected chi connectivity index (χ1v) is 8.39. The summed E-state index contributed by atoms with van der Waals surface area (Å²) in [7, 11) is 0. The Morgan fingerprint density at radius 3 is 2.83 bits per heavy atom. The third-order valence-corrected chi connectivity index (χ3v) is 4.56. The van der Waals surface area contributed by atoms with E-state index in [9.17, 15) is 9.59 Å². The molecule has 24 heavy (non-hydrogen) atoms. The monoisotopic (exact) mass is 343 g/mol. The first kappa shape index (κ1) is 16.3. The molecule has 3 rings (SSSR count). The van der Waals surface area contributed by atoms with Gasteiger partial charge in [0, 0.05) is 12.1 Å². The van der Waals surface area contributed by atoms with E-state index in [0.717, 1.165) is 17.0 Å². The van der Waals surface area contributed by atoms with Crippen molar-refractivity contribution >= 4 is 34.4 Å². The van der Waals surface area contributed by atoms with Crippen LogP contribution in [0, 0.1) is 6.92 Å². The van der Waals surface area contributed by atoms with Crippen molar-refractivity contribution < 1.29 is 14.0 Å². The second-order valence-electron chi connectivity index (χ2n) is 5.41. The number of furan rings is 1. The Kier molecular flexibility index (Phi) is 5.00. The number of carbonyl (C=O) groups is 2. The predicted octanol–water partition coefficient (Wildman–Crippen LogP) is 2.70. The van der Waals surface area contributed by atoms with Gasteiger partial charge in [-0.05, 0) is 31.2 Å². The lowest BCUT2D eigenvalue weighted by molar-refractivity contribution is -0.122. The van der Waals surface area contributed by atoms with E-state index in [1.54, 1.807) is 12.3 Å². The summed E-state index contributed by atoms with van der Waals surface area (Å²) in [6.45, 7) is 2.34. The van der Waals surface area contributed by atoms with Crippen LogP contribution >= 0.6 is 11.8 Å². The summed E-state index contributed by atoms with van der Waals surface area (Å²) < 4.78 is 5.19. The van der Waals surface area contributed by atoms with E-state index in [4.69, 9.17) is 4.42 Å². The first-order valence-electron chi connectivity index (χ1n) is 7.51. The number of nitrogens with zero attached hydrogens (tertiary/aromatic N) is 1. The van der Waals surface area contributed by atoms with Gasteiger partial charge in [-0.1, -0.05) is 29.5 Å². The van der Waals surface area contributed by atoms with Crippen LogP contribution in [0.15, 0.2) is 52.1 Å². The molecule has 1 aliphatic rings. The Labute approximate surface area is 143 Å². The quantitative estimate of drug-likeness (QED) is 0.874. The molecular formula is C17H17N3O3S. The summed E-state index contributed by atoms with van der Waals surface area (Å²) in [5.41, 5.74) is 1.84. The van der Waals surface area contributed by atoms with Crippen molar-refractivity contribution in [3.8, 4) is 0 Å². The van der Waals surface area contributed by atoms with Crippen LogP contribution in [-0.2, 0) is 16.1 Å². The van der Waals surface area contributed by atoms with Gasteiger partial charge in [-0.3, -0.25) is 14.6 Å². The first-order chi connectivity index (χ1) is 11.6. The summed E-state index contributed by atoms with van der Waals surface area (Å²) in [6, 6.07) is 11.1. The third-order valence-electron chi connectivity index (χ3n) is 3.44. The Morgan fingerprint density at radius 2 is 2.12 bits per heavy atom. The average Bonchev–Trinajstić information content (AvgIpc) is 3.18. The zero-order valence-corrected chi connectivity index (χ0v) is 13.9. The zero-order chi connectivity index (χ0) is 16.9. The fraction of sp³-hybridized carbons (Fsp3) is 0.235. The summed E-state index contributed by atoms with van der Waals surface area (Å²) in [5.74, 6) is 0.328. The molecule has 1 aromatic heterocycles. The van der Waals surface area contributed by atoms with Gasteiger partial charge in [0.15, 0.2) is 5.17 Å². The molecule has 0 bridgehead atoms. The van der Waals surface area contributed by atoms with E-state index in [-0.39, 0.29) is 18.2 Å². The number of nitrogens with one attached hydrogen (secondary N) is 2. The number of thioether (sulfide) groups is 1. The molecule has 124 valence electrons. The van der Waals surface area contributed by atoms with E-state index in [1.807, 2.05) is 37.3 Å². The van der Waals surface area contributed by atoms with Crippen LogP contribution in [0.25, 0.3) is 0 Å². The lowest BCUT2D eigenvalue weighted by atomic mass is 10.2. The van der Waals surface area contributed by atoms with E-state index in [1.165, 1.54) is 11.8 Å². The van der Waals surface area contributed by atoms with Crippen LogP contribution in [0.4, 0.5) is 5.69 Å². The minimum absolute atomic E-state index is 0.101. The minimum atomic E-state index is -0.467. The van der Waals surface area contributed by atoms with Crippen molar-refractivity contribution in [3.63, 3.8) is 0 Å². The maximum Gasteiger partial charge on any atom is 0.240 e. The Balaban J connectivity index is 1.53. The van der Waals surface area contributed by atoms with E-state index >= 15 is 0 Å². The van der Waals surface area contributed by atoms with Gasteiger partial charge < -0.3 is 15.1 Å². The minimum Gasteiger partial charge on any atom is -0.467 e. The lowest BCUT2D eigenvalue weighted by Crippen LogP contribution is -2.28. The van der Waals surface area contributed by atoms with Gasteiger partial charge in [0.2, 0.25) is 11.8 Å². The summed E-state index contributed by atoms with van der Waals surface area (Å²) in [5, 5.41) is 5.55. The molecule has 6 nitrogen and oxygen atoms in total. The number of rotatable bonds is 5. The summed E-state index contributed by atoms with van der Waals surface area (Å²) in [4.78, 5) is 28.3. The predicted molar refractivity (Wildman–Crippen MR) is 93.8 cm³/mol. The zero-order valence-electron chi connectivity index (χ0n) is 13.1. The van der Waals surface area contributed by atoms with Gasteiger partial charge >= 0.3 is 0 Å². The highest BCUT2D eigenvalue weighted by Gasteiger charge is 2.32. The molecule has 1 aliphatic heterocycles. The molecule has 0 radical (unpaired) electrons. The maximum atomic E-state index is 12.1. The number of anilines is 1. The van der Waals surface area contributed by atoms with Crippen molar-refractivity contribution in [2.75, 3.05) is 5.32 Å². The fourth-order valence-electron chi connectivity index (χ4n) is 2.18. The van der Waals surface area contributed by atoms with Gasteiger partial charge in [0.1, 0.15) is 11.0 Å². The Bertz CT molecular complexity index is 754. The molecule has 1 aromatic carbocycles. The summed E-state index contributed by atoms with van der Waals surface area (Å²) >= 11 is 1.27. The van der Waals surface area contributed by atoms with Crippen molar-refractivity contribution in [2.45, 2.75) is 25.1 Å². The van der Waals surface area contributed by atoms with Crippen molar-refractivity contribution in [1.29, 1.82) is 0 Å². The molecule has 1 fully saturated rings. The second-order valence-corrected chi connectivity index (χ2v) is 6.61. The molecule has 2 heterocycles. The number of amidine groups is 1. The number of hydrogen-bond donors (Lipinski definition) is 2. The van der Waals surface area contributed by atoms with Gasteiger partial charge in [-0.15, -0.1) is 0 Å². The molecule has 0 saturated carbocycles. The molecule has 1 saturated heterocycles. The van der Waals surface area contributed by atoms with Gasteiger partial charge in [0.05, 0.1) is 12.8 Å². The SMILES string of the molecule is Cc1ccc(NC(=O)C[C@@H]2SC(=NCc3ccco3)NC2=O)cc1. The molecule has 2 aromatic rings. The van der Waals surface area contributed by atoms with E-state index < -0.39 is 5.25 Å². The highest BCUT2D eigenvalue weighted by molar-refractivity contribution is 8.15. The van der Waals surface area contributed by atoms with Crippen molar-refractivity contribution in [2.24, 2.45) is 4.99 Å². The van der Waals surface area contributed by atoms with Gasteiger partial charge in [-0.2, -0.15) is 0 Å². The average molecular weight is 343 g/mol. The Morgan fingerprint density at radius 1 is 1.33 bits per heavy atom. The van der Waals surface area contributed by atoms with Crippen LogP contribution in [0.2, 0.25) is 0 Å². The van der Waals surface area contributed by atoms with Gasteiger partial charge in [0.25, 0.3) is 0 Å². The molecule has 0 spiro atoms. The van der Waals surface area contributed by atoms with Crippen LogP contribution in [0.1, 0.15) is 17.7 Å². The Hall–Kier alpha value is -2.54. The molecule has 1 atom stereocenters. The molecule has 0 aliphatic carbocycles. The molecule has 2 amide bonds. The molecule has 0 unspecified atom stereocenters. The summed E-state index contributed by atoms with van der Waals surface area (Å²) in [6.07, 6.45) is 1.68. The van der Waals surface area contributed by atoms with Crippen LogP contribution in [-0.4, -0.2) is 22.2 Å². The number of hydrogen-bond acceptors (Lipinski definition) is 5. The molecule has 2 N–H and O–H groups in total. The maximum absolute atomic E-state index is 12.1.